The van der Waals surface area contributed by atoms with Crippen LogP contribution in [0.25, 0.3) is 21.8 Å². The maximum Gasteiger partial charge on any atom is 0.141 e. The maximum absolute atomic E-state index is 12.4. The van der Waals surface area contributed by atoms with Gasteiger partial charge in [0, 0.05) is 34.2 Å². The van der Waals surface area contributed by atoms with E-state index in [2.05, 4.69) is 22.1 Å². The van der Waals surface area contributed by atoms with Crippen molar-refractivity contribution in [2.45, 2.75) is 12.8 Å². The van der Waals surface area contributed by atoms with Crippen LogP contribution in [0.5, 0.6) is 0 Å². The quantitative estimate of drug-likeness (QED) is 0.578. The van der Waals surface area contributed by atoms with Crippen molar-refractivity contribution in [3.05, 3.63) is 72.1 Å². The Hall–Kier alpha value is -2.81. The lowest BCUT2D eigenvalue weighted by Crippen LogP contribution is -2.09. The Morgan fingerprint density at radius 1 is 0.818 bits per heavy atom. The predicted molar refractivity (Wildman–Crippen MR) is 89.1 cm³/mol. The fraction of sp³-hybridized carbons (Fsp3) is 0.105. The minimum Gasteiger partial charge on any atom is -0.361 e. The normalized spacial score (nSPS) is 11.5. The van der Waals surface area contributed by atoms with Crippen LogP contribution in [0.3, 0.4) is 0 Å². The van der Waals surface area contributed by atoms with Gasteiger partial charge in [-0.1, -0.05) is 36.4 Å². The molecule has 0 amide bonds. The number of rotatable bonds is 3. The first-order chi connectivity index (χ1) is 10.8. The van der Waals surface area contributed by atoms with Gasteiger partial charge in [0.15, 0.2) is 0 Å². The monoisotopic (exact) mass is 288 g/mol. The Labute approximate surface area is 128 Å². The molecule has 0 radical (unpaired) electrons. The summed E-state index contributed by atoms with van der Waals surface area (Å²) in [5, 5.41) is 2.21. The lowest BCUT2D eigenvalue weighted by molar-refractivity contribution is -0.117. The Balaban J connectivity index is 1.97. The highest BCUT2D eigenvalue weighted by molar-refractivity contribution is 5.98. The number of hydrogen-bond donors (Lipinski definition) is 2. The molecule has 2 aromatic heterocycles. The number of fused-ring (bicyclic) bond motifs is 2. The van der Waals surface area contributed by atoms with Crippen molar-refractivity contribution in [2.24, 2.45) is 0 Å². The second-order valence-electron chi connectivity index (χ2n) is 5.62. The van der Waals surface area contributed by atoms with Crippen LogP contribution in [0.15, 0.2) is 60.9 Å². The summed E-state index contributed by atoms with van der Waals surface area (Å²) in [5.41, 5.74) is 4.19. The molecule has 108 valence electrons. The van der Waals surface area contributed by atoms with Gasteiger partial charge in [-0.25, -0.2) is 0 Å². The van der Waals surface area contributed by atoms with E-state index in [4.69, 9.17) is 0 Å². The van der Waals surface area contributed by atoms with E-state index in [9.17, 15) is 4.79 Å². The molecule has 0 atom stereocenters. The zero-order valence-corrected chi connectivity index (χ0v) is 12.3. The number of benzene rings is 2. The molecule has 0 unspecified atom stereocenters. The third-order valence-electron chi connectivity index (χ3n) is 4.27. The van der Waals surface area contributed by atoms with E-state index in [0.717, 1.165) is 32.9 Å². The van der Waals surface area contributed by atoms with Crippen LogP contribution >= 0.6 is 0 Å². The van der Waals surface area contributed by atoms with E-state index in [-0.39, 0.29) is 11.7 Å². The van der Waals surface area contributed by atoms with Crippen LogP contribution in [0.2, 0.25) is 0 Å². The summed E-state index contributed by atoms with van der Waals surface area (Å²) in [6.45, 7) is 1.66. The van der Waals surface area contributed by atoms with Crippen LogP contribution in [0.4, 0.5) is 0 Å². The molecule has 0 bridgehead atoms. The number of aromatic nitrogens is 2. The number of carbonyl (C=O) groups excluding carboxylic acids is 1. The maximum atomic E-state index is 12.4. The summed E-state index contributed by atoms with van der Waals surface area (Å²) in [6, 6.07) is 16.2. The van der Waals surface area contributed by atoms with Crippen LogP contribution in [0, 0.1) is 0 Å². The Morgan fingerprint density at radius 3 is 1.73 bits per heavy atom. The van der Waals surface area contributed by atoms with Gasteiger partial charge in [0.25, 0.3) is 0 Å². The van der Waals surface area contributed by atoms with Crippen LogP contribution in [0.1, 0.15) is 24.0 Å². The van der Waals surface area contributed by atoms with E-state index in [1.165, 1.54) is 0 Å². The van der Waals surface area contributed by atoms with E-state index in [1.54, 1.807) is 6.92 Å². The topological polar surface area (TPSA) is 48.6 Å². The molecular formula is C19H16N2O. The molecule has 4 aromatic rings. The number of hydrogen-bond acceptors (Lipinski definition) is 1. The van der Waals surface area contributed by atoms with Gasteiger partial charge in [-0.05, 0) is 30.2 Å². The molecule has 22 heavy (non-hydrogen) atoms. The van der Waals surface area contributed by atoms with Crippen LogP contribution in [-0.4, -0.2) is 15.8 Å². The summed E-state index contributed by atoms with van der Waals surface area (Å²) in [7, 11) is 0. The lowest BCUT2D eigenvalue weighted by Gasteiger charge is -2.13. The van der Waals surface area contributed by atoms with E-state index >= 15 is 0 Å². The average Bonchev–Trinajstić information content (AvgIpc) is 3.13. The molecular weight excluding hydrogens is 272 g/mol. The van der Waals surface area contributed by atoms with Crippen molar-refractivity contribution < 1.29 is 4.79 Å². The molecule has 0 saturated carbocycles. The third-order valence-corrected chi connectivity index (χ3v) is 4.27. The van der Waals surface area contributed by atoms with Crippen molar-refractivity contribution in [3.63, 3.8) is 0 Å². The summed E-state index contributed by atoms with van der Waals surface area (Å²) in [4.78, 5) is 18.9. The largest absolute Gasteiger partial charge is 0.361 e. The highest BCUT2D eigenvalue weighted by Gasteiger charge is 2.24. The van der Waals surface area contributed by atoms with Gasteiger partial charge < -0.3 is 9.97 Å². The average molecular weight is 288 g/mol. The van der Waals surface area contributed by atoms with Gasteiger partial charge in [-0.3, -0.25) is 4.79 Å². The van der Waals surface area contributed by atoms with Gasteiger partial charge in [0.1, 0.15) is 5.78 Å². The fourth-order valence-corrected chi connectivity index (χ4v) is 3.27. The van der Waals surface area contributed by atoms with Crippen molar-refractivity contribution in [2.75, 3.05) is 0 Å². The zero-order valence-electron chi connectivity index (χ0n) is 12.3. The Morgan fingerprint density at radius 2 is 1.27 bits per heavy atom. The molecule has 3 nitrogen and oxygen atoms in total. The number of Topliss-reactive ketones (excluding diaryl/α,β-unsaturated/α-hetero) is 1. The molecule has 0 fully saturated rings. The van der Waals surface area contributed by atoms with Crippen molar-refractivity contribution in [1.29, 1.82) is 0 Å². The number of nitrogens with one attached hydrogen (secondary N) is 2. The molecule has 4 rings (SSSR count). The molecule has 0 aliphatic carbocycles. The molecule has 0 spiro atoms. The first-order valence-electron chi connectivity index (χ1n) is 7.38. The number of para-hydroxylation sites is 2. The van der Waals surface area contributed by atoms with E-state index in [1.807, 2.05) is 48.8 Å². The third kappa shape index (κ3) is 1.86. The van der Waals surface area contributed by atoms with Crippen molar-refractivity contribution in [3.8, 4) is 0 Å². The highest BCUT2D eigenvalue weighted by Crippen LogP contribution is 2.35. The molecule has 0 aliphatic rings. The molecule has 0 saturated heterocycles. The van der Waals surface area contributed by atoms with Crippen molar-refractivity contribution >= 4 is 27.6 Å². The molecule has 0 aliphatic heterocycles. The predicted octanol–water partition coefficient (Wildman–Crippen LogP) is 4.37. The Bertz CT molecular complexity index is 903. The molecule has 3 heteroatoms. The summed E-state index contributed by atoms with van der Waals surface area (Å²) in [6.07, 6.45) is 3.91. The molecule has 2 N–H and O–H groups in total. The summed E-state index contributed by atoms with van der Waals surface area (Å²) in [5.74, 6) is -0.109. The van der Waals surface area contributed by atoms with Crippen LogP contribution < -0.4 is 0 Å². The van der Waals surface area contributed by atoms with E-state index < -0.39 is 0 Å². The minimum atomic E-state index is -0.257. The fourth-order valence-electron chi connectivity index (χ4n) is 3.27. The van der Waals surface area contributed by atoms with E-state index in [0.29, 0.717) is 0 Å². The van der Waals surface area contributed by atoms with Gasteiger partial charge in [0.2, 0.25) is 0 Å². The lowest BCUT2D eigenvalue weighted by atomic mass is 9.88. The number of aromatic amines is 2. The molecule has 2 aromatic carbocycles. The minimum absolute atomic E-state index is 0.148. The SMILES string of the molecule is CC(=O)C(c1c[nH]c2ccccc12)c1c[nH]c2ccccc12. The zero-order chi connectivity index (χ0) is 15.1. The standard InChI is InChI=1S/C19H16N2O/c1-12(22)19(15-10-20-17-8-4-2-6-13(15)17)16-11-21-18-9-5-3-7-14(16)18/h2-11,19-21H,1H3. The summed E-state index contributed by atoms with van der Waals surface area (Å²) < 4.78 is 0. The first kappa shape index (κ1) is 12.9. The summed E-state index contributed by atoms with van der Waals surface area (Å²) >= 11 is 0. The second-order valence-corrected chi connectivity index (χ2v) is 5.62. The smallest absolute Gasteiger partial charge is 0.141 e. The Kier molecular flexibility index (Phi) is 2.86. The first-order valence-corrected chi connectivity index (χ1v) is 7.38. The van der Waals surface area contributed by atoms with Gasteiger partial charge in [-0.15, -0.1) is 0 Å². The van der Waals surface area contributed by atoms with Gasteiger partial charge in [0.05, 0.1) is 5.92 Å². The molecule has 2 heterocycles. The highest BCUT2D eigenvalue weighted by atomic mass is 16.1. The number of carbonyl (C=O) groups is 1. The number of ketones is 1. The second kappa shape index (κ2) is 4.88. The van der Waals surface area contributed by atoms with Crippen LogP contribution in [-0.2, 0) is 4.79 Å². The number of H-pyrrole nitrogens is 2. The van der Waals surface area contributed by atoms with Crippen molar-refractivity contribution in [1.82, 2.24) is 9.97 Å². The van der Waals surface area contributed by atoms with Gasteiger partial charge in [-0.2, -0.15) is 0 Å². The van der Waals surface area contributed by atoms with Gasteiger partial charge >= 0.3 is 0 Å².